The second kappa shape index (κ2) is 8.81. The predicted octanol–water partition coefficient (Wildman–Crippen LogP) is 6.04. The highest BCUT2D eigenvalue weighted by atomic mass is 35.5. The molecule has 4 rings (SSSR count). The Morgan fingerprint density at radius 3 is 2.47 bits per heavy atom. The minimum absolute atomic E-state index is 0.0471. The zero-order valence-electron chi connectivity index (χ0n) is 17.9. The zero-order chi connectivity index (χ0) is 23.0. The molecular weight excluding hydrogens is 446 g/mol. The summed E-state index contributed by atoms with van der Waals surface area (Å²) in [6.45, 7) is 6.11. The molecule has 0 saturated carbocycles. The van der Waals surface area contributed by atoms with Gasteiger partial charge in [-0.3, -0.25) is 14.5 Å². The van der Waals surface area contributed by atoms with Gasteiger partial charge in [0.05, 0.1) is 17.2 Å². The first kappa shape index (κ1) is 22.1. The van der Waals surface area contributed by atoms with E-state index in [0.717, 1.165) is 16.0 Å². The number of aliphatic hydroxyl groups excluding tert-OH is 1. The Morgan fingerprint density at radius 1 is 1.12 bits per heavy atom. The lowest BCUT2D eigenvalue weighted by Crippen LogP contribution is -2.29. The predicted molar refractivity (Wildman–Crippen MR) is 128 cm³/mol. The zero-order valence-corrected chi connectivity index (χ0v) is 19.5. The summed E-state index contributed by atoms with van der Waals surface area (Å²) in [5.41, 5.74) is 2.99. The molecule has 1 N–H and O–H groups in total. The molecule has 1 atom stereocenters. The van der Waals surface area contributed by atoms with Crippen molar-refractivity contribution in [1.82, 2.24) is 0 Å². The minimum Gasteiger partial charge on any atom is -0.507 e. The number of rotatable bonds is 5. The van der Waals surface area contributed by atoms with Crippen LogP contribution in [0.4, 0.5) is 5.69 Å². The molecule has 1 aromatic heterocycles. The molecule has 1 saturated heterocycles. The number of anilines is 1. The van der Waals surface area contributed by atoms with Crippen molar-refractivity contribution in [1.29, 1.82) is 0 Å². The van der Waals surface area contributed by atoms with Crippen molar-refractivity contribution in [3.63, 3.8) is 0 Å². The molecule has 32 heavy (non-hydrogen) atoms. The average Bonchev–Trinajstić information content (AvgIpc) is 3.30. The SMILES string of the molecule is CCOc1cc(/C(O)=C2/C(=O)C(=O)N(c3ccc(C)cc3)C2c2sccc2C)ccc1Cl. The number of benzene rings is 2. The summed E-state index contributed by atoms with van der Waals surface area (Å²) in [5.74, 6) is -1.26. The first-order valence-corrected chi connectivity index (χ1v) is 11.4. The molecular formula is C25H22ClNO4S. The minimum atomic E-state index is -0.732. The number of nitrogens with zero attached hydrogens (tertiary/aromatic N) is 1. The van der Waals surface area contributed by atoms with Crippen LogP contribution in [-0.2, 0) is 9.59 Å². The number of hydrogen-bond acceptors (Lipinski definition) is 5. The number of aliphatic hydroxyl groups is 1. The molecule has 1 aliphatic rings. The fourth-order valence-corrected chi connectivity index (χ4v) is 4.99. The van der Waals surface area contributed by atoms with Crippen LogP contribution < -0.4 is 9.64 Å². The van der Waals surface area contributed by atoms with Crippen LogP contribution in [0.1, 0.15) is 34.5 Å². The number of ketones is 1. The molecule has 164 valence electrons. The van der Waals surface area contributed by atoms with Gasteiger partial charge >= 0.3 is 0 Å². The molecule has 3 aromatic rings. The lowest BCUT2D eigenvalue weighted by molar-refractivity contribution is -0.132. The first-order chi connectivity index (χ1) is 15.3. The van der Waals surface area contributed by atoms with Gasteiger partial charge in [0.15, 0.2) is 0 Å². The normalized spacial score (nSPS) is 17.8. The average molecular weight is 468 g/mol. The van der Waals surface area contributed by atoms with Crippen LogP contribution in [0, 0.1) is 13.8 Å². The summed E-state index contributed by atoms with van der Waals surface area (Å²) in [6, 6.07) is 13.4. The standard InChI is InChI=1S/C25H22ClNO4S/c1-4-31-19-13-16(7-10-18(19)26)22(28)20-21(24-15(3)11-12-32-24)27(25(30)23(20)29)17-8-5-14(2)6-9-17/h5-13,21,28H,4H2,1-3H3/b22-20-. The van der Waals surface area contributed by atoms with Gasteiger partial charge in [-0.2, -0.15) is 0 Å². The van der Waals surface area contributed by atoms with E-state index >= 15 is 0 Å². The Balaban J connectivity index is 1.92. The number of ether oxygens (including phenoxy) is 1. The largest absolute Gasteiger partial charge is 0.507 e. The van der Waals surface area contributed by atoms with E-state index in [4.69, 9.17) is 16.3 Å². The van der Waals surface area contributed by atoms with E-state index in [1.165, 1.54) is 16.2 Å². The monoisotopic (exact) mass is 467 g/mol. The highest BCUT2D eigenvalue weighted by Gasteiger charge is 2.47. The number of halogens is 1. The molecule has 5 nitrogen and oxygen atoms in total. The van der Waals surface area contributed by atoms with E-state index in [-0.39, 0.29) is 11.3 Å². The van der Waals surface area contributed by atoms with E-state index in [0.29, 0.717) is 28.6 Å². The van der Waals surface area contributed by atoms with Gasteiger partial charge in [-0.15, -0.1) is 11.3 Å². The number of thiophene rings is 1. The second-order valence-electron chi connectivity index (χ2n) is 7.55. The van der Waals surface area contributed by atoms with Crippen LogP contribution in [0.3, 0.4) is 0 Å². The van der Waals surface area contributed by atoms with Gasteiger partial charge < -0.3 is 9.84 Å². The number of carbonyl (C=O) groups excluding carboxylic acids is 2. The quantitative estimate of drug-likeness (QED) is 0.282. The molecule has 0 bridgehead atoms. The van der Waals surface area contributed by atoms with Gasteiger partial charge in [-0.25, -0.2) is 0 Å². The molecule has 0 aliphatic carbocycles. The molecule has 1 fully saturated rings. The third-order valence-corrected chi connectivity index (χ3v) is 6.79. The van der Waals surface area contributed by atoms with Crippen LogP contribution in [0.5, 0.6) is 5.75 Å². The topological polar surface area (TPSA) is 66.8 Å². The number of hydrogen-bond donors (Lipinski definition) is 1. The fourth-order valence-electron chi connectivity index (χ4n) is 3.79. The van der Waals surface area contributed by atoms with Gasteiger partial charge in [0.25, 0.3) is 11.7 Å². The second-order valence-corrected chi connectivity index (χ2v) is 8.91. The Hall–Kier alpha value is -3.09. The van der Waals surface area contributed by atoms with Crippen molar-refractivity contribution in [3.8, 4) is 5.75 Å². The Morgan fingerprint density at radius 2 is 1.84 bits per heavy atom. The number of Topliss-reactive ketones (excluding diaryl/α,β-unsaturated/α-hetero) is 1. The summed E-state index contributed by atoms with van der Waals surface area (Å²) >= 11 is 7.63. The summed E-state index contributed by atoms with van der Waals surface area (Å²) in [7, 11) is 0. The maximum Gasteiger partial charge on any atom is 0.300 e. The van der Waals surface area contributed by atoms with E-state index in [1.807, 2.05) is 56.5 Å². The highest BCUT2D eigenvalue weighted by molar-refractivity contribution is 7.10. The summed E-state index contributed by atoms with van der Waals surface area (Å²) < 4.78 is 5.53. The number of carbonyl (C=O) groups is 2. The summed E-state index contributed by atoms with van der Waals surface area (Å²) in [5, 5.41) is 13.6. The van der Waals surface area contributed by atoms with Gasteiger partial charge in [-0.1, -0.05) is 29.3 Å². The molecule has 2 heterocycles. The molecule has 0 radical (unpaired) electrons. The Kier molecular flexibility index (Phi) is 6.09. The van der Waals surface area contributed by atoms with Crippen LogP contribution in [0.2, 0.25) is 5.02 Å². The van der Waals surface area contributed by atoms with Crippen molar-refractivity contribution in [2.75, 3.05) is 11.5 Å². The van der Waals surface area contributed by atoms with E-state index in [2.05, 4.69) is 0 Å². The van der Waals surface area contributed by atoms with Gasteiger partial charge in [0.1, 0.15) is 17.6 Å². The maximum atomic E-state index is 13.2. The molecule has 1 aliphatic heterocycles. The molecule has 7 heteroatoms. The third kappa shape index (κ3) is 3.80. The van der Waals surface area contributed by atoms with Crippen molar-refractivity contribution in [2.45, 2.75) is 26.8 Å². The maximum absolute atomic E-state index is 13.2. The molecule has 1 amide bonds. The first-order valence-electron chi connectivity index (χ1n) is 10.2. The smallest absolute Gasteiger partial charge is 0.300 e. The Bertz CT molecular complexity index is 1230. The van der Waals surface area contributed by atoms with Crippen molar-refractivity contribution in [3.05, 3.63) is 86.1 Å². The van der Waals surface area contributed by atoms with Gasteiger partial charge in [0, 0.05) is 16.1 Å². The number of aryl methyl sites for hydroxylation is 2. The highest BCUT2D eigenvalue weighted by Crippen LogP contribution is 2.45. The van der Waals surface area contributed by atoms with E-state index < -0.39 is 17.7 Å². The van der Waals surface area contributed by atoms with Crippen molar-refractivity contribution >= 4 is 46.1 Å². The molecule has 2 aromatic carbocycles. The number of amides is 1. The van der Waals surface area contributed by atoms with Crippen LogP contribution in [0.15, 0.2) is 59.5 Å². The molecule has 0 spiro atoms. The molecule has 1 unspecified atom stereocenters. The van der Waals surface area contributed by atoms with Crippen molar-refractivity contribution in [2.24, 2.45) is 0 Å². The van der Waals surface area contributed by atoms with Crippen LogP contribution in [0.25, 0.3) is 5.76 Å². The van der Waals surface area contributed by atoms with Gasteiger partial charge in [0.2, 0.25) is 0 Å². The van der Waals surface area contributed by atoms with Gasteiger partial charge in [-0.05, 0) is 68.1 Å². The lowest BCUT2D eigenvalue weighted by atomic mass is 9.98. The van der Waals surface area contributed by atoms with Crippen molar-refractivity contribution < 1.29 is 19.4 Å². The van der Waals surface area contributed by atoms with E-state index in [1.54, 1.807) is 18.2 Å². The fraction of sp³-hybridized carbons (Fsp3) is 0.200. The summed E-state index contributed by atoms with van der Waals surface area (Å²) in [6.07, 6.45) is 0. The lowest BCUT2D eigenvalue weighted by Gasteiger charge is -2.25. The van der Waals surface area contributed by atoms with Crippen LogP contribution in [-0.4, -0.2) is 23.4 Å². The van der Waals surface area contributed by atoms with Crippen LogP contribution >= 0.6 is 22.9 Å². The summed E-state index contributed by atoms with van der Waals surface area (Å²) in [4.78, 5) is 28.7. The van der Waals surface area contributed by atoms with E-state index in [9.17, 15) is 14.7 Å². The Labute approximate surface area is 195 Å². The third-order valence-electron chi connectivity index (χ3n) is 5.41.